The van der Waals surface area contributed by atoms with Crippen molar-refractivity contribution in [3.63, 3.8) is 0 Å². The summed E-state index contributed by atoms with van der Waals surface area (Å²) in [7, 11) is 1.57. The van der Waals surface area contributed by atoms with Gasteiger partial charge in [0.25, 0.3) is 0 Å². The lowest BCUT2D eigenvalue weighted by Crippen LogP contribution is -2.38. The number of phenolic OH excluding ortho intramolecular Hbond substituents is 1. The predicted molar refractivity (Wildman–Crippen MR) is 83.2 cm³/mol. The highest BCUT2D eigenvalue weighted by molar-refractivity contribution is 5.88. The van der Waals surface area contributed by atoms with E-state index in [1.807, 2.05) is 6.20 Å². The summed E-state index contributed by atoms with van der Waals surface area (Å²) in [5.41, 5.74) is 6.92. The summed E-state index contributed by atoms with van der Waals surface area (Å²) in [4.78, 5) is 27.0. The fraction of sp³-hybridized carbons (Fsp3) is 0.267. The molecule has 5 N–H and O–H groups in total. The van der Waals surface area contributed by atoms with Crippen LogP contribution in [0, 0.1) is 6.42 Å². The van der Waals surface area contributed by atoms with Gasteiger partial charge < -0.3 is 26.0 Å². The van der Waals surface area contributed by atoms with E-state index >= 15 is 0 Å². The van der Waals surface area contributed by atoms with Crippen molar-refractivity contribution in [3.8, 4) is 5.75 Å². The number of nitrogens with zero attached hydrogens (tertiary/aromatic N) is 1. The Morgan fingerprint density at radius 1 is 1.45 bits per heavy atom. The zero-order chi connectivity index (χ0) is 16.1. The number of aromatic amines is 1. The molecule has 7 heteroatoms. The lowest BCUT2D eigenvalue weighted by molar-refractivity contribution is -0.117. The van der Waals surface area contributed by atoms with E-state index in [1.165, 1.54) is 11.3 Å². The van der Waals surface area contributed by atoms with Crippen molar-refractivity contribution in [2.45, 2.75) is 6.42 Å². The van der Waals surface area contributed by atoms with Crippen LogP contribution in [-0.2, 0) is 11.2 Å². The van der Waals surface area contributed by atoms with Crippen LogP contribution in [0.5, 0.6) is 5.75 Å². The fourth-order valence-electron chi connectivity index (χ4n) is 2.07. The molecule has 0 aliphatic carbocycles. The normalized spacial score (nSPS) is 10.6. The average molecular weight is 303 g/mol. The molecule has 1 heterocycles. The van der Waals surface area contributed by atoms with Gasteiger partial charge in [-0.1, -0.05) is 0 Å². The number of urea groups is 1. The molecule has 0 aliphatic rings. The molecule has 0 atom stereocenters. The number of likely N-dealkylation sites (N-methyl/N-ethyl adjacent to an activating group) is 1. The number of carbonyl (C=O) groups excluding carboxylic acids is 2. The number of H-pyrrole nitrogens is 1. The maximum absolute atomic E-state index is 11.7. The Labute approximate surface area is 128 Å². The van der Waals surface area contributed by atoms with Crippen molar-refractivity contribution < 1.29 is 14.7 Å². The highest BCUT2D eigenvalue weighted by Crippen LogP contribution is 2.23. The van der Waals surface area contributed by atoms with Crippen LogP contribution in [0.1, 0.15) is 5.56 Å². The smallest absolute Gasteiger partial charge is 0.314 e. The third kappa shape index (κ3) is 3.91. The van der Waals surface area contributed by atoms with E-state index in [-0.39, 0.29) is 11.7 Å². The number of carbonyl (C=O) groups is 2. The van der Waals surface area contributed by atoms with Crippen LogP contribution in [0.2, 0.25) is 0 Å². The van der Waals surface area contributed by atoms with Gasteiger partial charge in [-0.05, 0) is 30.2 Å². The van der Waals surface area contributed by atoms with Crippen LogP contribution in [0.3, 0.4) is 0 Å². The number of primary amides is 1. The Morgan fingerprint density at radius 2 is 2.23 bits per heavy atom. The minimum Gasteiger partial charge on any atom is -0.508 e. The number of hydrogen-bond acceptors (Lipinski definition) is 3. The molecule has 0 fully saturated rings. The number of fused-ring (bicyclic) bond motifs is 1. The number of amides is 3. The molecule has 7 nitrogen and oxygen atoms in total. The largest absolute Gasteiger partial charge is 0.508 e. The Bertz CT molecular complexity index is 680. The second-order valence-corrected chi connectivity index (χ2v) is 5.00. The van der Waals surface area contributed by atoms with Gasteiger partial charge in [0, 0.05) is 37.2 Å². The number of rotatable bonds is 6. The fourth-order valence-corrected chi connectivity index (χ4v) is 2.07. The topological polar surface area (TPSA) is 111 Å². The van der Waals surface area contributed by atoms with Gasteiger partial charge in [-0.2, -0.15) is 0 Å². The molecule has 1 radical (unpaired) electrons. The van der Waals surface area contributed by atoms with Gasteiger partial charge in [0.15, 0.2) is 0 Å². The van der Waals surface area contributed by atoms with Gasteiger partial charge in [0.1, 0.15) is 5.75 Å². The molecular formula is C15H19N4O3. The summed E-state index contributed by atoms with van der Waals surface area (Å²) >= 11 is 0. The molecule has 0 bridgehead atoms. The van der Waals surface area contributed by atoms with Crippen LogP contribution >= 0.6 is 0 Å². The van der Waals surface area contributed by atoms with E-state index in [1.54, 1.807) is 25.2 Å². The van der Waals surface area contributed by atoms with Gasteiger partial charge in [-0.3, -0.25) is 4.79 Å². The van der Waals surface area contributed by atoms with Crippen molar-refractivity contribution in [3.05, 3.63) is 36.4 Å². The van der Waals surface area contributed by atoms with Crippen LogP contribution in [0.4, 0.5) is 4.79 Å². The van der Waals surface area contributed by atoms with Gasteiger partial charge in [-0.15, -0.1) is 0 Å². The number of aromatic hydroxyl groups is 1. The summed E-state index contributed by atoms with van der Waals surface area (Å²) in [5.74, 6) is -0.0281. The SMILES string of the molecule is CN(CCNC(=O)[CH]Cc1c[nH]c2ccc(O)cc12)C(N)=O. The quantitative estimate of drug-likeness (QED) is 0.631. The van der Waals surface area contributed by atoms with Gasteiger partial charge in [0.2, 0.25) is 5.91 Å². The standard InChI is InChI=1S/C15H19N4O3/c1-19(15(16)22)7-6-17-14(21)5-2-10-9-18-13-4-3-11(20)8-12(10)13/h3-5,8-9,18,20H,2,6-7H2,1H3,(H2,16,22)(H,17,21). The highest BCUT2D eigenvalue weighted by atomic mass is 16.3. The summed E-state index contributed by atoms with van der Waals surface area (Å²) in [5, 5.41) is 13.1. The van der Waals surface area contributed by atoms with E-state index in [0.29, 0.717) is 19.5 Å². The first-order chi connectivity index (χ1) is 10.5. The molecule has 2 rings (SSSR count). The maximum atomic E-state index is 11.7. The summed E-state index contributed by atoms with van der Waals surface area (Å²) in [6, 6.07) is 4.52. The first-order valence-electron chi connectivity index (χ1n) is 6.88. The monoisotopic (exact) mass is 303 g/mol. The molecule has 0 saturated carbocycles. The number of nitrogens with two attached hydrogens (primary N) is 1. The lowest BCUT2D eigenvalue weighted by atomic mass is 10.1. The van der Waals surface area contributed by atoms with Crippen molar-refractivity contribution in [2.24, 2.45) is 5.73 Å². The second-order valence-electron chi connectivity index (χ2n) is 5.00. The third-order valence-corrected chi connectivity index (χ3v) is 3.38. The second kappa shape index (κ2) is 6.84. The molecule has 0 unspecified atom stereocenters. The number of benzene rings is 1. The first kappa shape index (κ1) is 15.7. The molecule has 0 spiro atoms. The minimum absolute atomic E-state index is 0.187. The number of phenols is 1. The first-order valence-corrected chi connectivity index (χ1v) is 6.88. The van der Waals surface area contributed by atoms with Crippen molar-refractivity contribution in [1.29, 1.82) is 0 Å². The molecule has 2 aromatic rings. The summed E-state index contributed by atoms with van der Waals surface area (Å²) < 4.78 is 0. The van der Waals surface area contributed by atoms with E-state index in [4.69, 9.17) is 5.73 Å². The molecular weight excluding hydrogens is 284 g/mol. The van der Waals surface area contributed by atoms with Crippen LogP contribution in [0.25, 0.3) is 10.9 Å². The Morgan fingerprint density at radius 3 is 2.95 bits per heavy atom. The van der Waals surface area contributed by atoms with Crippen LogP contribution < -0.4 is 11.1 Å². The summed E-state index contributed by atoms with van der Waals surface area (Å²) in [6.07, 6.45) is 3.78. The van der Waals surface area contributed by atoms with E-state index in [9.17, 15) is 14.7 Å². The molecule has 1 aromatic heterocycles. The zero-order valence-corrected chi connectivity index (χ0v) is 12.3. The summed E-state index contributed by atoms with van der Waals surface area (Å²) in [6.45, 7) is 0.694. The number of nitrogens with one attached hydrogen (secondary N) is 2. The lowest BCUT2D eigenvalue weighted by Gasteiger charge is -2.14. The Kier molecular flexibility index (Phi) is 4.88. The minimum atomic E-state index is -0.531. The average Bonchev–Trinajstić information content (AvgIpc) is 2.87. The molecule has 0 saturated heterocycles. The van der Waals surface area contributed by atoms with Crippen molar-refractivity contribution in [2.75, 3.05) is 20.1 Å². The molecule has 117 valence electrons. The van der Waals surface area contributed by atoms with E-state index in [2.05, 4.69) is 10.3 Å². The van der Waals surface area contributed by atoms with Crippen LogP contribution in [0.15, 0.2) is 24.4 Å². The number of hydrogen-bond donors (Lipinski definition) is 4. The molecule has 22 heavy (non-hydrogen) atoms. The van der Waals surface area contributed by atoms with Crippen LogP contribution in [-0.4, -0.2) is 47.1 Å². The zero-order valence-electron chi connectivity index (χ0n) is 12.3. The highest BCUT2D eigenvalue weighted by Gasteiger charge is 2.09. The van der Waals surface area contributed by atoms with Gasteiger partial charge in [0.05, 0.1) is 6.42 Å². The van der Waals surface area contributed by atoms with Crippen molar-refractivity contribution >= 4 is 22.8 Å². The number of aromatic nitrogens is 1. The van der Waals surface area contributed by atoms with E-state index in [0.717, 1.165) is 16.5 Å². The Hall–Kier alpha value is -2.70. The maximum Gasteiger partial charge on any atom is 0.314 e. The van der Waals surface area contributed by atoms with E-state index < -0.39 is 6.03 Å². The van der Waals surface area contributed by atoms with Gasteiger partial charge in [-0.25, -0.2) is 4.79 Å². The molecule has 3 amide bonds. The van der Waals surface area contributed by atoms with Gasteiger partial charge >= 0.3 is 6.03 Å². The molecule has 0 aliphatic heterocycles. The third-order valence-electron chi connectivity index (χ3n) is 3.38. The Balaban J connectivity index is 1.83. The molecule has 1 aromatic carbocycles. The van der Waals surface area contributed by atoms with Crippen molar-refractivity contribution in [1.82, 2.24) is 15.2 Å². The predicted octanol–water partition coefficient (Wildman–Crippen LogP) is 0.747.